The van der Waals surface area contributed by atoms with Crippen molar-refractivity contribution >= 4 is 34.3 Å². The van der Waals surface area contributed by atoms with Crippen LogP contribution in [0.1, 0.15) is 12.5 Å². The molecule has 0 aliphatic carbocycles. The molecule has 2 N–H and O–H groups in total. The van der Waals surface area contributed by atoms with Crippen molar-refractivity contribution in [2.24, 2.45) is 0 Å². The van der Waals surface area contributed by atoms with Crippen molar-refractivity contribution in [1.82, 2.24) is 15.1 Å². The number of anilines is 1. The molecular formula is C27H30N4O4. The highest BCUT2D eigenvalue weighted by molar-refractivity contribution is 5.91. The van der Waals surface area contributed by atoms with Crippen LogP contribution in [-0.2, 0) is 16.0 Å². The summed E-state index contributed by atoms with van der Waals surface area (Å²) in [4.78, 5) is 41.4. The molecule has 1 atom stereocenters. The van der Waals surface area contributed by atoms with E-state index in [0.29, 0.717) is 44.0 Å². The number of hydrogen-bond donors (Lipinski definition) is 2. The Kier molecular flexibility index (Phi) is 7.50. The first kappa shape index (κ1) is 24.1. The number of carbonyl (C=O) groups excluding carboxylic acids is 3. The molecular weight excluding hydrogens is 444 g/mol. The van der Waals surface area contributed by atoms with Crippen molar-refractivity contribution < 1.29 is 19.1 Å². The molecule has 1 unspecified atom stereocenters. The van der Waals surface area contributed by atoms with Gasteiger partial charge in [-0.05, 0) is 40.6 Å². The molecule has 0 saturated carbocycles. The van der Waals surface area contributed by atoms with Gasteiger partial charge in [0.05, 0.1) is 7.11 Å². The van der Waals surface area contributed by atoms with E-state index in [1.807, 2.05) is 42.5 Å². The topological polar surface area (TPSA) is 91.0 Å². The van der Waals surface area contributed by atoms with E-state index >= 15 is 0 Å². The molecule has 1 fully saturated rings. The standard InChI is InChI=1S/C27H30N4O4/c1-19(32)28-25(18-21-8-5-7-20-6-3-4-9-24(20)21)26(33)30-14-16-31(17-15-30)27(34)29-22-10-12-23(35-2)13-11-22/h3-13,25H,14-18H2,1-2H3,(H,28,32)(H,29,34). The number of methoxy groups -OCH3 is 1. The first-order valence-corrected chi connectivity index (χ1v) is 11.7. The second kappa shape index (κ2) is 10.9. The Bertz CT molecular complexity index is 1200. The van der Waals surface area contributed by atoms with E-state index in [9.17, 15) is 14.4 Å². The highest BCUT2D eigenvalue weighted by Gasteiger charge is 2.30. The third kappa shape index (κ3) is 5.90. The maximum absolute atomic E-state index is 13.4. The molecule has 0 spiro atoms. The molecule has 3 aromatic rings. The number of urea groups is 1. The van der Waals surface area contributed by atoms with Crippen molar-refractivity contribution in [3.05, 3.63) is 72.3 Å². The highest BCUT2D eigenvalue weighted by atomic mass is 16.5. The minimum atomic E-state index is -0.669. The lowest BCUT2D eigenvalue weighted by atomic mass is 9.98. The minimum absolute atomic E-state index is 0.136. The van der Waals surface area contributed by atoms with E-state index in [1.165, 1.54) is 6.92 Å². The van der Waals surface area contributed by atoms with Crippen LogP contribution in [0.25, 0.3) is 10.8 Å². The van der Waals surface area contributed by atoms with Crippen LogP contribution in [-0.4, -0.2) is 67.0 Å². The summed E-state index contributed by atoms with van der Waals surface area (Å²) in [6, 6.07) is 20.2. The number of benzene rings is 3. The van der Waals surface area contributed by atoms with Crippen LogP contribution in [0.2, 0.25) is 0 Å². The first-order chi connectivity index (χ1) is 16.9. The zero-order valence-corrected chi connectivity index (χ0v) is 20.0. The smallest absolute Gasteiger partial charge is 0.321 e. The van der Waals surface area contributed by atoms with Gasteiger partial charge in [0, 0.05) is 45.2 Å². The Morgan fingerprint density at radius 2 is 1.54 bits per heavy atom. The summed E-state index contributed by atoms with van der Waals surface area (Å²) in [5, 5.41) is 7.87. The largest absolute Gasteiger partial charge is 0.497 e. The lowest BCUT2D eigenvalue weighted by molar-refractivity contribution is -0.137. The number of hydrogen-bond acceptors (Lipinski definition) is 4. The fourth-order valence-corrected chi connectivity index (χ4v) is 4.36. The number of nitrogens with zero attached hydrogens (tertiary/aromatic N) is 2. The zero-order chi connectivity index (χ0) is 24.8. The Morgan fingerprint density at radius 1 is 0.886 bits per heavy atom. The predicted octanol–water partition coefficient (Wildman–Crippen LogP) is 3.27. The molecule has 0 radical (unpaired) electrons. The summed E-state index contributed by atoms with van der Waals surface area (Å²) >= 11 is 0. The molecule has 0 aromatic heterocycles. The number of carbonyl (C=O) groups is 3. The molecule has 1 aliphatic heterocycles. The van der Waals surface area contributed by atoms with Gasteiger partial charge in [0.25, 0.3) is 0 Å². The van der Waals surface area contributed by atoms with Crippen LogP contribution >= 0.6 is 0 Å². The Labute approximate surface area is 204 Å². The summed E-state index contributed by atoms with van der Waals surface area (Å²) in [5.74, 6) is 0.330. The Hall–Kier alpha value is -4.07. The second-order valence-electron chi connectivity index (χ2n) is 8.57. The van der Waals surface area contributed by atoms with Gasteiger partial charge in [0.15, 0.2) is 0 Å². The van der Waals surface area contributed by atoms with Gasteiger partial charge in [0.2, 0.25) is 11.8 Å². The molecule has 1 aliphatic rings. The number of fused-ring (bicyclic) bond motifs is 1. The fraction of sp³-hybridized carbons (Fsp3) is 0.296. The summed E-state index contributed by atoms with van der Waals surface area (Å²) in [6.07, 6.45) is 0.401. The number of ether oxygens (including phenoxy) is 1. The third-order valence-electron chi connectivity index (χ3n) is 6.20. The van der Waals surface area contributed by atoms with Gasteiger partial charge < -0.3 is 25.2 Å². The lowest BCUT2D eigenvalue weighted by Crippen LogP contribution is -2.56. The van der Waals surface area contributed by atoms with E-state index in [-0.39, 0.29) is 17.8 Å². The summed E-state index contributed by atoms with van der Waals surface area (Å²) in [6.45, 7) is 3.05. The Balaban J connectivity index is 1.39. The van der Waals surface area contributed by atoms with Crippen molar-refractivity contribution in [2.45, 2.75) is 19.4 Å². The van der Waals surface area contributed by atoms with Gasteiger partial charge in [-0.15, -0.1) is 0 Å². The first-order valence-electron chi connectivity index (χ1n) is 11.7. The number of amides is 4. The summed E-state index contributed by atoms with van der Waals surface area (Å²) in [5.41, 5.74) is 1.68. The lowest BCUT2D eigenvalue weighted by Gasteiger charge is -2.36. The van der Waals surface area contributed by atoms with Gasteiger partial charge in [-0.2, -0.15) is 0 Å². The third-order valence-corrected chi connectivity index (χ3v) is 6.20. The zero-order valence-electron chi connectivity index (χ0n) is 20.0. The molecule has 1 heterocycles. The van der Waals surface area contributed by atoms with Crippen LogP contribution in [0.3, 0.4) is 0 Å². The van der Waals surface area contributed by atoms with Crippen molar-refractivity contribution in [2.75, 3.05) is 38.6 Å². The second-order valence-corrected chi connectivity index (χ2v) is 8.57. The van der Waals surface area contributed by atoms with Gasteiger partial charge in [-0.1, -0.05) is 42.5 Å². The molecule has 8 nitrogen and oxygen atoms in total. The number of piperazine rings is 1. The van der Waals surface area contributed by atoms with E-state index in [2.05, 4.69) is 10.6 Å². The SMILES string of the molecule is COc1ccc(NC(=O)N2CCN(C(=O)C(Cc3cccc4ccccc34)NC(C)=O)CC2)cc1. The van der Waals surface area contributed by atoms with Crippen molar-refractivity contribution in [3.8, 4) is 5.75 Å². The predicted molar refractivity (Wildman–Crippen MR) is 135 cm³/mol. The minimum Gasteiger partial charge on any atom is -0.497 e. The van der Waals surface area contributed by atoms with Crippen LogP contribution in [0.5, 0.6) is 5.75 Å². The molecule has 3 aromatic carbocycles. The van der Waals surface area contributed by atoms with Gasteiger partial charge >= 0.3 is 6.03 Å². The summed E-state index contributed by atoms with van der Waals surface area (Å²) in [7, 11) is 1.59. The van der Waals surface area contributed by atoms with Gasteiger partial charge in [-0.3, -0.25) is 9.59 Å². The summed E-state index contributed by atoms with van der Waals surface area (Å²) < 4.78 is 5.14. The van der Waals surface area contributed by atoms with Crippen molar-refractivity contribution in [1.29, 1.82) is 0 Å². The quantitative estimate of drug-likeness (QED) is 0.574. The molecule has 0 bridgehead atoms. The van der Waals surface area contributed by atoms with Crippen LogP contribution in [0.4, 0.5) is 10.5 Å². The molecule has 4 amide bonds. The van der Waals surface area contributed by atoms with Gasteiger partial charge in [-0.25, -0.2) is 4.79 Å². The van der Waals surface area contributed by atoms with E-state index in [4.69, 9.17) is 4.74 Å². The maximum Gasteiger partial charge on any atom is 0.321 e. The number of rotatable bonds is 6. The van der Waals surface area contributed by atoms with E-state index < -0.39 is 6.04 Å². The average molecular weight is 475 g/mol. The molecule has 4 rings (SSSR count). The average Bonchev–Trinajstić information content (AvgIpc) is 2.88. The van der Waals surface area contributed by atoms with E-state index in [0.717, 1.165) is 16.3 Å². The van der Waals surface area contributed by atoms with Crippen LogP contribution in [0, 0.1) is 0 Å². The van der Waals surface area contributed by atoms with Crippen molar-refractivity contribution in [3.63, 3.8) is 0 Å². The molecule has 35 heavy (non-hydrogen) atoms. The molecule has 1 saturated heterocycles. The van der Waals surface area contributed by atoms with Crippen LogP contribution < -0.4 is 15.4 Å². The van der Waals surface area contributed by atoms with Gasteiger partial charge in [0.1, 0.15) is 11.8 Å². The monoisotopic (exact) mass is 474 g/mol. The molecule has 182 valence electrons. The Morgan fingerprint density at radius 3 is 2.23 bits per heavy atom. The molecule has 8 heteroatoms. The fourth-order valence-electron chi connectivity index (χ4n) is 4.36. The highest BCUT2D eigenvalue weighted by Crippen LogP contribution is 2.21. The number of nitrogens with one attached hydrogen (secondary N) is 2. The maximum atomic E-state index is 13.4. The van der Waals surface area contributed by atoms with E-state index in [1.54, 1.807) is 41.2 Å². The normalized spacial score (nSPS) is 14.3. The van der Waals surface area contributed by atoms with Crippen LogP contribution in [0.15, 0.2) is 66.7 Å².